The van der Waals surface area contributed by atoms with Gasteiger partial charge in [0.15, 0.2) is 5.82 Å². The molecular weight excluding hydrogens is 249 g/mol. The minimum atomic E-state index is -2.82. The topological polar surface area (TPSA) is 46.2 Å². The number of hydrogen-bond acceptors (Lipinski definition) is 2. The van der Waals surface area contributed by atoms with Gasteiger partial charge in [-0.25, -0.2) is 12.8 Å². The third-order valence-electron chi connectivity index (χ3n) is 1.16. The highest BCUT2D eigenvalue weighted by atomic mass is 79.9. The Morgan fingerprint density at radius 3 is 2.67 bits per heavy atom. The van der Waals surface area contributed by atoms with Crippen molar-refractivity contribution in [2.75, 3.05) is 4.72 Å². The molecule has 1 aromatic carbocycles. The fraction of sp³-hybridized carbons (Fsp3) is 0. The Morgan fingerprint density at radius 1 is 1.42 bits per heavy atom. The summed E-state index contributed by atoms with van der Waals surface area (Å²) in [4.78, 5) is 0. The molecule has 0 aromatic heterocycles. The second-order valence-corrected chi connectivity index (χ2v) is 3.56. The van der Waals surface area contributed by atoms with E-state index >= 15 is 0 Å². The van der Waals surface area contributed by atoms with Crippen LogP contribution in [0, 0.1) is 5.82 Å². The normalized spacial score (nSPS) is 10.2. The fourth-order valence-corrected chi connectivity index (χ4v) is 1.42. The van der Waals surface area contributed by atoms with Crippen molar-refractivity contribution in [3.63, 3.8) is 0 Å². The lowest BCUT2D eigenvalue weighted by molar-refractivity contribution is 0.613. The van der Waals surface area contributed by atoms with Crippen LogP contribution in [0.2, 0.25) is 0 Å². The van der Waals surface area contributed by atoms with E-state index < -0.39 is 16.7 Å². The molecule has 0 saturated heterocycles. The highest BCUT2D eigenvalue weighted by Crippen LogP contribution is 2.22. The van der Waals surface area contributed by atoms with Crippen molar-refractivity contribution in [2.24, 2.45) is 0 Å². The summed E-state index contributed by atoms with van der Waals surface area (Å²) >= 11 is 2.92. The number of rotatable bonds is 2. The zero-order valence-corrected chi connectivity index (χ0v) is 8.23. The monoisotopic (exact) mass is 253 g/mol. The van der Waals surface area contributed by atoms with Gasteiger partial charge >= 0.3 is 0 Å². The number of nitrogens with one attached hydrogen (secondary N) is 1. The quantitative estimate of drug-likeness (QED) is 0.786. The molecule has 66 valence electrons. The maximum Gasteiger partial charge on any atom is 0.222 e. The summed E-state index contributed by atoms with van der Waals surface area (Å²) in [6, 6.07) is 4.36. The average molecular weight is 254 g/mol. The number of halogens is 2. The van der Waals surface area contributed by atoms with Crippen LogP contribution in [0.15, 0.2) is 22.7 Å². The number of thiol groups is 1. The summed E-state index contributed by atoms with van der Waals surface area (Å²) in [5.74, 6) is -0.614. The molecule has 3 nitrogen and oxygen atoms in total. The average Bonchev–Trinajstić information content (AvgIpc) is 1.98. The van der Waals surface area contributed by atoms with Gasteiger partial charge in [-0.15, -0.1) is 0 Å². The summed E-state index contributed by atoms with van der Waals surface area (Å²) in [5, 5.41) is 0. The van der Waals surface area contributed by atoms with E-state index in [1.54, 1.807) is 0 Å². The molecule has 1 rings (SSSR count). The smallest absolute Gasteiger partial charge is 0.222 e. The molecule has 0 fully saturated rings. The van der Waals surface area contributed by atoms with Crippen LogP contribution in [0.3, 0.4) is 0 Å². The van der Waals surface area contributed by atoms with E-state index in [9.17, 15) is 12.8 Å². The first-order valence-electron chi connectivity index (χ1n) is 2.96. The van der Waals surface area contributed by atoms with Gasteiger partial charge in [0.25, 0.3) is 0 Å². The molecule has 0 spiro atoms. The zero-order chi connectivity index (χ0) is 9.14. The summed E-state index contributed by atoms with van der Waals surface area (Å²) in [6.07, 6.45) is 0. The summed E-state index contributed by atoms with van der Waals surface area (Å²) in [7, 11) is -2.82. The number of benzene rings is 1. The first kappa shape index (κ1) is 9.47. The van der Waals surface area contributed by atoms with Gasteiger partial charge < -0.3 is 0 Å². The van der Waals surface area contributed by atoms with Crippen LogP contribution in [0.5, 0.6) is 0 Å². The standard InChI is InChI=1S/C6H5BrFNO2S/c7-4-2-1-3-5(6(4)8)9-12(10)11/h1-3,12H,(H,9,10,11). The Morgan fingerprint density at radius 2 is 2.08 bits per heavy atom. The molecule has 1 N–H and O–H groups in total. The number of hydrogen-bond donors (Lipinski definition) is 2. The second-order valence-electron chi connectivity index (χ2n) is 1.97. The largest absolute Gasteiger partial charge is 0.283 e. The molecule has 12 heavy (non-hydrogen) atoms. The van der Waals surface area contributed by atoms with Gasteiger partial charge in [0, 0.05) is 0 Å². The van der Waals surface area contributed by atoms with Crippen molar-refractivity contribution in [3.05, 3.63) is 28.5 Å². The molecule has 6 heteroatoms. The highest BCUT2D eigenvalue weighted by molar-refractivity contribution is 9.10. The maximum atomic E-state index is 13.0. The van der Waals surface area contributed by atoms with Crippen LogP contribution in [0.4, 0.5) is 10.1 Å². The molecular formula is C6H5BrFNO2S. The number of anilines is 1. The van der Waals surface area contributed by atoms with Crippen LogP contribution < -0.4 is 4.72 Å². The van der Waals surface area contributed by atoms with Gasteiger partial charge in [-0.05, 0) is 28.1 Å². The van der Waals surface area contributed by atoms with Crippen molar-refractivity contribution in [1.82, 2.24) is 0 Å². The summed E-state index contributed by atoms with van der Waals surface area (Å²) in [6.45, 7) is 0. The molecule has 0 aliphatic rings. The minimum Gasteiger partial charge on any atom is -0.283 e. The van der Waals surface area contributed by atoms with Gasteiger partial charge in [0.05, 0.1) is 10.2 Å². The maximum absolute atomic E-state index is 13.0. The van der Waals surface area contributed by atoms with Crippen molar-refractivity contribution in [2.45, 2.75) is 0 Å². The van der Waals surface area contributed by atoms with Gasteiger partial charge in [-0.1, -0.05) is 6.07 Å². The van der Waals surface area contributed by atoms with E-state index in [0.717, 1.165) is 0 Å². The van der Waals surface area contributed by atoms with Crippen LogP contribution in [-0.4, -0.2) is 8.42 Å². The van der Waals surface area contributed by atoms with Gasteiger partial charge in [0.1, 0.15) is 0 Å². The third-order valence-corrected chi connectivity index (χ3v) is 2.20. The van der Waals surface area contributed by atoms with E-state index in [1.165, 1.54) is 18.2 Å². The highest BCUT2D eigenvalue weighted by Gasteiger charge is 2.04. The lowest BCUT2D eigenvalue weighted by Crippen LogP contribution is -1.97. The van der Waals surface area contributed by atoms with Crippen LogP contribution >= 0.6 is 15.9 Å². The Hall–Kier alpha value is -0.620. The first-order chi connectivity index (χ1) is 5.61. The van der Waals surface area contributed by atoms with Crippen LogP contribution in [0.25, 0.3) is 0 Å². The minimum absolute atomic E-state index is 0.0551. The van der Waals surface area contributed by atoms with Crippen LogP contribution in [-0.2, 0) is 10.9 Å². The molecule has 0 heterocycles. The molecule has 1 aromatic rings. The lowest BCUT2D eigenvalue weighted by atomic mass is 10.3. The molecule has 0 radical (unpaired) electrons. The lowest BCUT2D eigenvalue weighted by Gasteiger charge is -2.00. The van der Waals surface area contributed by atoms with Gasteiger partial charge in [-0.2, -0.15) is 0 Å². The fourth-order valence-electron chi connectivity index (χ4n) is 0.688. The molecule has 0 bridgehead atoms. The van der Waals surface area contributed by atoms with Gasteiger partial charge in [0.2, 0.25) is 10.9 Å². The Balaban J connectivity index is 3.08. The predicted octanol–water partition coefficient (Wildman–Crippen LogP) is 1.53. The van der Waals surface area contributed by atoms with Crippen molar-refractivity contribution in [1.29, 1.82) is 0 Å². The van der Waals surface area contributed by atoms with Crippen molar-refractivity contribution >= 4 is 32.5 Å². The molecule has 0 aliphatic heterocycles. The van der Waals surface area contributed by atoms with E-state index in [1.807, 2.05) is 4.72 Å². The van der Waals surface area contributed by atoms with E-state index in [2.05, 4.69) is 15.9 Å². The third kappa shape index (κ3) is 2.18. The molecule has 0 saturated carbocycles. The van der Waals surface area contributed by atoms with Crippen LogP contribution in [0.1, 0.15) is 0 Å². The molecule has 0 atom stereocenters. The Kier molecular flexibility index (Phi) is 3.05. The van der Waals surface area contributed by atoms with Gasteiger partial charge in [-0.3, -0.25) is 4.72 Å². The van der Waals surface area contributed by atoms with Crippen molar-refractivity contribution in [3.8, 4) is 0 Å². The zero-order valence-electron chi connectivity index (χ0n) is 5.75. The van der Waals surface area contributed by atoms with E-state index in [4.69, 9.17) is 0 Å². The predicted molar refractivity (Wildman–Crippen MR) is 48.0 cm³/mol. The summed E-state index contributed by atoms with van der Waals surface area (Å²) in [5.41, 5.74) is -0.0551. The Labute approximate surface area is 78.8 Å². The van der Waals surface area contributed by atoms with E-state index in [0.29, 0.717) is 0 Å². The second kappa shape index (κ2) is 3.86. The first-order valence-corrected chi connectivity index (χ1v) is 4.93. The summed E-state index contributed by atoms with van der Waals surface area (Å²) < 4.78 is 35.5. The molecule has 0 amide bonds. The van der Waals surface area contributed by atoms with Crippen molar-refractivity contribution < 1.29 is 12.8 Å². The Bertz CT molecular complexity index is 359. The molecule has 0 aliphatic carbocycles. The van der Waals surface area contributed by atoms with E-state index in [-0.39, 0.29) is 10.2 Å². The SMILES string of the molecule is O=[SH](=O)Nc1cccc(Br)c1F. The molecule has 0 unspecified atom stereocenters.